The van der Waals surface area contributed by atoms with Crippen molar-refractivity contribution in [1.82, 2.24) is 0 Å². The normalized spacial score (nSPS) is 35.5. The maximum atomic E-state index is 12.9. The smallest absolute Gasteiger partial charge is 0.229 e. The highest BCUT2D eigenvalue weighted by Crippen LogP contribution is 2.43. The van der Waals surface area contributed by atoms with Crippen molar-refractivity contribution in [3.05, 3.63) is 41.5 Å². The minimum atomic E-state index is -1.85. The number of methoxy groups -OCH3 is 1. The number of fused-ring (bicyclic) bond motifs is 1. The summed E-state index contributed by atoms with van der Waals surface area (Å²) in [5.74, 6) is -1.14. The molecule has 3 heterocycles. The molecule has 9 N–H and O–H groups in total. The number of aliphatic hydroxyl groups excluding tert-OH is 7. The van der Waals surface area contributed by atoms with Gasteiger partial charge in [-0.15, -0.1) is 0 Å². The zero-order valence-electron chi connectivity index (χ0n) is 23.2. The fourth-order valence-corrected chi connectivity index (χ4v) is 5.36. The van der Waals surface area contributed by atoms with Gasteiger partial charge in [-0.3, -0.25) is 4.79 Å². The van der Waals surface area contributed by atoms with Crippen LogP contribution in [0.15, 0.2) is 30.3 Å². The molecule has 16 nitrogen and oxygen atoms in total. The Labute approximate surface area is 249 Å². The molecular formula is C28H34O16. The molecular weight excluding hydrogens is 592 g/mol. The molecule has 11 unspecified atom stereocenters. The van der Waals surface area contributed by atoms with Crippen molar-refractivity contribution in [2.45, 2.75) is 73.9 Å². The third-order valence-electron chi connectivity index (χ3n) is 7.76. The van der Waals surface area contributed by atoms with Gasteiger partial charge in [-0.05, 0) is 17.7 Å². The van der Waals surface area contributed by atoms with E-state index in [1.165, 1.54) is 25.3 Å². The Bertz CT molecular complexity index is 1330. The van der Waals surface area contributed by atoms with Gasteiger partial charge in [0.1, 0.15) is 77.7 Å². The maximum Gasteiger partial charge on any atom is 0.229 e. The van der Waals surface area contributed by atoms with Crippen LogP contribution < -0.4 is 14.2 Å². The van der Waals surface area contributed by atoms with Crippen molar-refractivity contribution < 1.29 is 79.2 Å². The third-order valence-corrected chi connectivity index (χ3v) is 7.76. The number of aromatic hydroxyl groups is 2. The number of rotatable bonds is 8. The van der Waals surface area contributed by atoms with E-state index in [4.69, 9.17) is 28.4 Å². The van der Waals surface area contributed by atoms with Crippen molar-refractivity contribution >= 4 is 5.78 Å². The van der Waals surface area contributed by atoms with Crippen LogP contribution in [0.25, 0.3) is 0 Å². The van der Waals surface area contributed by atoms with Gasteiger partial charge in [-0.2, -0.15) is 0 Å². The van der Waals surface area contributed by atoms with Crippen LogP contribution in [0.4, 0.5) is 0 Å². The van der Waals surface area contributed by atoms with Crippen LogP contribution in [-0.4, -0.2) is 133 Å². The molecule has 0 aliphatic carbocycles. The first kappa shape index (κ1) is 32.1. The van der Waals surface area contributed by atoms with Gasteiger partial charge in [0.2, 0.25) is 6.29 Å². The topological polar surface area (TPSA) is 255 Å². The van der Waals surface area contributed by atoms with Gasteiger partial charge in [-0.25, -0.2) is 0 Å². The largest absolute Gasteiger partial charge is 0.507 e. The summed E-state index contributed by atoms with van der Waals surface area (Å²) >= 11 is 0. The molecule has 44 heavy (non-hydrogen) atoms. The number of ether oxygens (including phenoxy) is 6. The van der Waals surface area contributed by atoms with E-state index in [0.29, 0.717) is 5.56 Å². The molecule has 0 radical (unpaired) electrons. The van der Waals surface area contributed by atoms with E-state index in [1.54, 1.807) is 6.07 Å². The lowest BCUT2D eigenvalue weighted by Crippen LogP contribution is -2.65. The lowest BCUT2D eigenvalue weighted by molar-refractivity contribution is -0.352. The molecule has 0 amide bonds. The Morgan fingerprint density at radius 1 is 0.818 bits per heavy atom. The predicted octanol–water partition coefficient (Wildman–Crippen LogP) is -2.18. The van der Waals surface area contributed by atoms with Crippen LogP contribution in [0.3, 0.4) is 0 Å². The molecule has 2 fully saturated rings. The molecule has 0 aromatic heterocycles. The number of hydrogen-bond acceptors (Lipinski definition) is 16. The molecule has 5 rings (SSSR count). The lowest BCUT2D eigenvalue weighted by Gasteiger charge is -2.45. The molecule has 3 aliphatic heterocycles. The van der Waals surface area contributed by atoms with Gasteiger partial charge in [0.25, 0.3) is 0 Å². The van der Waals surface area contributed by atoms with Crippen LogP contribution in [0, 0.1) is 0 Å². The summed E-state index contributed by atoms with van der Waals surface area (Å²) in [5.41, 5.74) is 0.330. The third kappa shape index (κ3) is 6.01. The maximum absolute atomic E-state index is 12.9. The van der Waals surface area contributed by atoms with Crippen molar-refractivity contribution in [3.63, 3.8) is 0 Å². The summed E-state index contributed by atoms with van der Waals surface area (Å²) in [6, 6.07) is 6.81. The van der Waals surface area contributed by atoms with E-state index in [9.17, 15) is 50.8 Å². The average molecular weight is 627 g/mol. The minimum absolute atomic E-state index is 0.0743. The van der Waals surface area contributed by atoms with Crippen LogP contribution in [-0.2, 0) is 14.2 Å². The van der Waals surface area contributed by atoms with E-state index < -0.39 is 92.3 Å². The minimum Gasteiger partial charge on any atom is -0.507 e. The van der Waals surface area contributed by atoms with E-state index >= 15 is 0 Å². The quantitative estimate of drug-likeness (QED) is 0.151. The van der Waals surface area contributed by atoms with E-state index in [1.807, 2.05) is 0 Å². The van der Waals surface area contributed by atoms with Crippen LogP contribution >= 0.6 is 0 Å². The predicted molar refractivity (Wildman–Crippen MR) is 142 cm³/mol. The molecule has 2 aromatic carbocycles. The highest BCUT2D eigenvalue weighted by molar-refractivity contribution is 6.02. The second-order valence-electron chi connectivity index (χ2n) is 10.6. The number of Topliss-reactive ketones (excluding diaryl/α,β-unsaturated/α-hetero) is 1. The number of phenols is 2. The molecule has 11 atom stereocenters. The van der Waals surface area contributed by atoms with E-state index in [0.717, 1.165) is 6.07 Å². The Morgan fingerprint density at radius 2 is 1.50 bits per heavy atom. The zero-order chi connectivity index (χ0) is 31.9. The van der Waals surface area contributed by atoms with E-state index in [-0.39, 0.29) is 35.0 Å². The average Bonchev–Trinajstić information content (AvgIpc) is 3.00. The van der Waals surface area contributed by atoms with Gasteiger partial charge in [-0.1, -0.05) is 6.07 Å². The molecule has 242 valence electrons. The van der Waals surface area contributed by atoms with E-state index in [2.05, 4.69) is 0 Å². The first-order valence-electron chi connectivity index (χ1n) is 13.7. The summed E-state index contributed by atoms with van der Waals surface area (Å²) in [4.78, 5) is 12.9. The van der Waals surface area contributed by atoms with Crippen LogP contribution in [0.5, 0.6) is 28.7 Å². The molecule has 3 aliphatic rings. The van der Waals surface area contributed by atoms with Crippen molar-refractivity contribution in [2.75, 3.05) is 20.3 Å². The number of carbonyl (C=O) groups is 1. The molecule has 0 spiro atoms. The van der Waals surface area contributed by atoms with Gasteiger partial charge in [0.15, 0.2) is 23.6 Å². The van der Waals surface area contributed by atoms with Crippen molar-refractivity contribution in [3.8, 4) is 28.7 Å². The highest BCUT2D eigenvalue weighted by Gasteiger charge is 2.51. The highest BCUT2D eigenvalue weighted by atomic mass is 16.7. The summed E-state index contributed by atoms with van der Waals surface area (Å²) in [7, 11) is 1.38. The van der Waals surface area contributed by atoms with Gasteiger partial charge < -0.3 is 74.4 Å². The number of hydrogen-bond donors (Lipinski definition) is 9. The van der Waals surface area contributed by atoms with Crippen LogP contribution in [0.1, 0.15) is 28.4 Å². The fraction of sp³-hybridized carbons (Fsp3) is 0.536. The van der Waals surface area contributed by atoms with Crippen LogP contribution in [0.2, 0.25) is 0 Å². The SMILES string of the molecule is COc1ccc(C2CC(=O)c3c(O)cc(OC4OC(CO)C(O)C(OC5OC(CO)C(O)C(O)C5O)C4O)cc3O2)cc1O. The Hall–Kier alpha value is -3.29. The lowest BCUT2D eigenvalue weighted by atomic mass is 9.95. The molecule has 0 bridgehead atoms. The number of aliphatic hydroxyl groups is 7. The number of carbonyl (C=O) groups excluding carboxylic acids is 1. The van der Waals surface area contributed by atoms with Crippen molar-refractivity contribution in [1.29, 1.82) is 0 Å². The molecule has 16 heteroatoms. The summed E-state index contributed by atoms with van der Waals surface area (Å²) < 4.78 is 33.1. The van der Waals surface area contributed by atoms with Crippen molar-refractivity contribution in [2.24, 2.45) is 0 Å². The second-order valence-corrected chi connectivity index (χ2v) is 10.6. The first-order chi connectivity index (χ1) is 21.0. The molecule has 2 aromatic rings. The Kier molecular flexibility index (Phi) is 9.47. The number of ketones is 1. The molecule has 2 saturated heterocycles. The number of phenolic OH excluding ortho intramolecular Hbond substituents is 2. The fourth-order valence-electron chi connectivity index (χ4n) is 5.36. The second kappa shape index (κ2) is 13.0. The monoisotopic (exact) mass is 626 g/mol. The number of benzene rings is 2. The van der Waals surface area contributed by atoms with Gasteiger partial charge >= 0.3 is 0 Å². The zero-order valence-corrected chi connectivity index (χ0v) is 23.2. The Morgan fingerprint density at radius 3 is 2.16 bits per heavy atom. The first-order valence-corrected chi connectivity index (χ1v) is 13.7. The molecule has 0 saturated carbocycles. The van der Waals surface area contributed by atoms with Gasteiger partial charge in [0.05, 0.1) is 26.7 Å². The summed E-state index contributed by atoms with van der Waals surface area (Å²) in [5, 5.41) is 92.3. The summed E-state index contributed by atoms with van der Waals surface area (Å²) in [6.07, 6.45) is -17.7. The Balaban J connectivity index is 1.37. The standard InChI is InChI=1S/C28H34O16/c1-39-15-3-2-10(4-12(15)31)16-7-14(33)20-13(32)5-11(6-17(20)41-16)40-28-25(38)26(22(35)19(9-30)43-28)44-27-24(37)23(36)21(34)18(8-29)42-27/h2-6,16,18-19,21-32,34-38H,7-9H2,1H3. The van der Waals surface area contributed by atoms with Gasteiger partial charge in [0, 0.05) is 12.1 Å². The summed E-state index contributed by atoms with van der Waals surface area (Å²) in [6.45, 7) is -1.52.